The minimum Gasteiger partial charge on any atom is -0.295 e. The van der Waals surface area contributed by atoms with Crippen LogP contribution >= 0.6 is 0 Å². The molecule has 126 valence electrons. The molecule has 1 heterocycles. The lowest BCUT2D eigenvalue weighted by atomic mass is 10.1. The van der Waals surface area contributed by atoms with Gasteiger partial charge in [-0.25, -0.2) is 13.5 Å². The molecule has 25 heavy (non-hydrogen) atoms. The zero-order chi connectivity index (χ0) is 18.0. The van der Waals surface area contributed by atoms with Gasteiger partial charge < -0.3 is 0 Å². The van der Waals surface area contributed by atoms with E-state index < -0.39 is 11.6 Å². The first-order chi connectivity index (χ1) is 11.9. The molecular formula is C19H14F2N2O2. The Morgan fingerprint density at radius 2 is 1.76 bits per heavy atom. The molecule has 3 rings (SSSR count). The maximum Gasteiger partial charge on any atom is 0.267 e. The number of hydrogen-bond donors (Lipinski definition) is 0. The van der Waals surface area contributed by atoms with Gasteiger partial charge in [-0.15, -0.1) is 0 Å². The lowest BCUT2D eigenvalue weighted by Gasteiger charge is -2.08. The molecule has 0 radical (unpaired) electrons. The van der Waals surface area contributed by atoms with Crippen LogP contribution in [0, 0.1) is 11.6 Å². The summed E-state index contributed by atoms with van der Waals surface area (Å²) < 4.78 is 28.0. The van der Waals surface area contributed by atoms with Crippen LogP contribution in [0.3, 0.4) is 0 Å². The summed E-state index contributed by atoms with van der Waals surface area (Å²) in [4.78, 5) is 23.5. The van der Waals surface area contributed by atoms with Crippen molar-refractivity contribution in [2.45, 2.75) is 13.5 Å². The Hall–Kier alpha value is -3.15. The van der Waals surface area contributed by atoms with Gasteiger partial charge in [-0.1, -0.05) is 18.2 Å². The van der Waals surface area contributed by atoms with Crippen molar-refractivity contribution in [1.29, 1.82) is 0 Å². The van der Waals surface area contributed by atoms with Crippen molar-refractivity contribution in [2.24, 2.45) is 0 Å². The summed E-state index contributed by atoms with van der Waals surface area (Å²) in [6, 6.07) is 12.6. The molecule has 0 amide bonds. The number of benzene rings is 2. The summed E-state index contributed by atoms with van der Waals surface area (Å²) in [6.07, 6.45) is 0. The molecule has 6 heteroatoms. The lowest BCUT2D eigenvalue weighted by molar-refractivity contribution is 0.101. The smallest absolute Gasteiger partial charge is 0.267 e. The number of aromatic nitrogens is 2. The Morgan fingerprint density at radius 3 is 2.44 bits per heavy atom. The van der Waals surface area contributed by atoms with E-state index in [0.717, 1.165) is 23.8 Å². The number of nitrogens with zero attached hydrogens (tertiary/aromatic N) is 2. The highest BCUT2D eigenvalue weighted by atomic mass is 19.1. The van der Waals surface area contributed by atoms with Gasteiger partial charge in [0.1, 0.15) is 11.6 Å². The highest BCUT2D eigenvalue weighted by Gasteiger charge is 2.08. The molecular weight excluding hydrogens is 326 g/mol. The van der Waals surface area contributed by atoms with Crippen LogP contribution in [-0.4, -0.2) is 15.6 Å². The summed E-state index contributed by atoms with van der Waals surface area (Å²) in [6.45, 7) is 1.61. The number of carbonyl (C=O) groups excluding carboxylic acids is 1. The lowest BCUT2D eigenvalue weighted by Crippen LogP contribution is -2.23. The van der Waals surface area contributed by atoms with Crippen LogP contribution in [0.4, 0.5) is 8.78 Å². The molecule has 0 aliphatic carbocycles. The summed E-state index contributed by atoms with van der Waals surface area (Å²) in [5, 5.41) is 4.18. The van der Waals surface area contributed by atoms with Gasteiger partial charge in [-0.3, -0.25) is 9.59 Å². The molecule has 0 fully saturated rings. The van der Waals surface area contributed by atoms with Gasteiger partial charge in [0.2, 0.25) is 0 Å². The van der Waals surface area contributed by atoms with Crippen LogP contribution in [0.5, 0.6) is 0 Å². The van der Waals surface area contributed by atoms with E-state index in [-0.39, 0.29) is 29.1 Å². The third-order valence-electron chi connectivity index (χ3n) is 3.69. The quantitative estimate of drug-likeness (QED) is 0.684. The molecule has 0 aliphatic heterocycles. The predicted octanol–water partition coefficient (Wildman–Crippen LogP) is 3.44. The Balaban J connectivity index is 1.99. The third-order valence-corrected chi connectivity index (χ3v) is 3.69. The van der Waals surface area contributed by atoms with E-state index in [0.29, 0.717) is 5.56 Å². The number of rotatable bonds is 4. The Labute approximate surface area is 142 Å². The van der Waals surface area contributed by atoms with Gasteiger partial charge in [-0.2, -0.15) is 5.10 Å². The van der Waals surface area contributed by atoms with E-state index >= 15 is 0 Å². The van der Waals surface area contributed by atoms with Crippen LogP contribution in [0.25, 0.3) is 11.3 Å². The van der Waals surface area contributed by atoms with Gasteiger partial charge >= 0.3 is 0 Å². The van der Waals surface area contributed by atoms with Crippen molar-refractivity contribution in [3.8, 4) is 11.3 Å². The SMILES string of the molecule is CC(=O)c1cccc(Cn2nc(-c3cc(F)cc(F)c3)ccc2=O)c1. The van der Waals surface area contributed by atoms with Crippen LogP contribution in [-0.2, 0) is 6.54 Å². The molecule has 0 saturated carbocycles. The van der Waals surface area contributed by atoms with Crippen molar-refractivity contribution < 1.29 is 13.6 Å². The van der Waals surface area contributed by atoms with Crippen LogP contribution < -0.4 is 5.56 Å². The fraction of sp³-hybridized carbons (Fsp3) is 0.105. The minimum atomic E-state index is -0.719. The van der Waals surface area contributed by atoms with Gasteiger partial charge in [0, 0.05) is 23.3 Å². The first-order valence-electron chi connectivity index (χ1n) is 7.57. The average molecular weight is 340 g/mol. The standard InChI is InChI=1S/C19H14F2N2O2/c1-12(24)14-4-2-3-13(7-14)11-23-19(25)6-5-18(22-23)15-8-16(20)10-17(21)9-15/h2-10H,11H2,1H3. The maximum absolute atomic E-state index is 13.4. The number of ketones is 1. The number of Topliss-reactive ketones (excluding diaryl/α,β-unsaturated/α-hetero) is 1. The molecule has 4 nitrogen and oxygen atoms in total. The summed E-state index contributed by atoms with van der Waals surface area (Å²) in [7, 11) is 0. The molecule has 3 aromatic rings. The predicted molar refractivity (Wildman–Crippen MR) is 89.4 cm³/mol. The molecule has 0 spiro atoms. The molecule has 0 bridgehead atoms. The molecule has 0 atom stereocenters. The van der Waals surface area contributed by atoms with Gasteiger partial charge in [0.25, 0.3) is 5.56 Å². The third kappa shape index (κ3) is 3.85. The normalized spacial score (nSPS) is 10.7. The summed E-state index contributed by atoms with van der Waals surface area (Å²) in [5.74, 6) is -1.52. The van der Waals surface area contributed by atoms with E-state index in [1.54, 1.807) is 24.3 Å². The molecule has 0 saturated heterocycles. The van der Waals surface area contributed by atoms with Gasteiger partial charge in [0.05, 0.1) is 12.2 Å². The van der Waals surface area contributed by atoms with Gasteiger partial charge in [0.15, 0.2) is 5.78 Å². The fourth-order valence-electron chi connectivity index (χ4n) is 2.48. The number of hydrogen-bond acceptors (Lipinski definition) is 3. The summed E-state index contributed by atoms with van der Waals surface area (Å²) >= 11 is 0. The van der Waals surface area contributed by atoms with Crippen molar-refractivity contribution in [2.75, 3.05) is 0 Å². The van der Waals surface area contributed by atoms with Gasteiger partial charge in [-0.05, 0) is 36.8 Å². The summed E-state index contributed by atoms with van der Waals surface area (Å²) in [5.41, 5.74) is 1.43. The average Bonchev–Trinajstić information content (AvgIpc) is 2.56. The van der Waals surface area contributed by atoms with Crippen LogP contribution in [0.2, 0.25) is 0 Å². The monoisotopic (exact) mass is 340 g/mol. The second kappa shape index (κ2) is 6.76. The van der Waals surface area contributed by atoms with Crippen LogP contribution in [0.1, 0.15) is 22.8 Å². The minimum absolute atomic E-state index is 0.0776. The maximum atomic E-state index is 13.4. The first kappa shape index (κ1) is 16.7. The second-order valence-corrected chi connectivity index (χ2v) is 5.63. The molecule has 0 aliphatic rings. The largest absolute Gasteiger partial charge is 0.295 e. The zero-order valence-electron chi connectivity index (χ0n) is 13.4. The highest BCUT2D eigenvalue weighted by Crippen LogP contribution is 2.18. The topological polar surface area (TPSA) is 52.0 Å². The van der Waals surface area contributed by atoms with Crippen molar-refractivity contribution in [3.05, 3.63) is 87.7 Å². The van der Waals surface area contributed by atoms with Crippen LogP contribution in [0.15, 0.2) is 59.4 Å². The van der Waals surface area contributed by atoms with E-state index in [1.807, 2.05) is 0 Å². The number of carbonyl (C=O) groups is 1. The van der Waals surface area contributed by atoms with E-state index in [4.69, 9.17) is 0 Å². The molecule has 1 aromatic heterocycles. The van der Waals surface area contributed by atoms with E-state index in [9.17, 15) is 18.4 Å². The Kier molecular flexibility index (Phi) is 4.52. The van der Waals surface area contributed by atoms with Crippen molar-refractivity contribution in [1.82, 2.24) is 9.78 Å². The van der Waals surface area contributed by atoms with E-state index in [1.165, 1.54) is 23.7 Å². The Morgan fingerprint density at radius 1 is 1.04 bits per heavy atom. The molecule has 0 unspecified atom stereocenters. The fourth-order valence-corrected chi connectivity index (χ4v) is 2.48. The first-order valence-corrected chi connectivity index (χ1v) is 7.57. The molecule has 0 N–H and O–H groups in total. The zero-order valence-corrected chi connectivity index (χ0v) is 13.4. The van der Waals surface area contributed by atoms with Crippen molar-refractivity contribution >= 4 is 5.78 Å². The molecule has 2 aromatic carbocycles. The van der Waals surface area contributed by atoms with Crippen molar-refractivity contribution in [3.63, 3.8) is 0 Å². The number of halogens is 2. The Bertz CT molecular complexity index is 992. The second-order valence-electron chi connectivity index (χ2n) is 5.63. The van der Waals surface area contributed by atoms with E-state index in [2.05, 4.69) is 5.10 Å². The highest BCUT2D eigenvalue weighted by molar-refractivity contribution is 5.94.